The predicted octanol–water partition coefficient (Wildman–Crippen LogP) is 3.30. The summed E-state index contributed by atoms with van der Waals surface area (Å²) in [5.74, 6) is 0.190. The lowest BCUT2D eigenvalue weighted by atomic mass is 9.87. The Bertz CT molecular complexity index is 705. The lowest BCUT2D eigenvalue weighted by molar-refractivity contribution is -0.213. The Labute approximate surface area is 145 Å². The third-order valence-electron chi connectivity index (χ3n) is 4.10. The molecule has 1 aliphatic heterocycles. The summed E-state index contributed by atoms with van der Waals surface area (Å²) in [6.45, 7) is 4.50. The van der Waals surface area contributed by atoms with Gasteiger partial charge in [0, 0.05) is 11.4 Å². The van der Waals surface area contributed by atoms with E-state index in [9.17, 15) is 5.11 Å². The van der Waals surface area contributed by atoms with Crippen LogP contribution in [0.4, 0.5) is 0 Å². The van der Waals surface area contributed by atoms with Gasteiger partial charge in [-0.1, -0.05) is 23.7 Å². The zero-order chi connectivity index (χ0) is 17.2. The van der Waals surface area contributed by atoms with Crippen molar-refractivity contribution in [1.82, 2.24) is 14.8 Å². The number of rotatable bonds is 4. The summed E-state index contributed by atoms with van der Waals surface area (Å²) in [5, 5.41) is 15.8. The number of aliphatic hydroxyl groups excluding tert-OH is 1. The molecule has 0 saturated carbocycles. The van der Waals surface area contributed by atoms with Crippen molar-refractivity contribution in [3.8, 4) is 0 Å². The second-order valence-corrected chi connectivity index (χ2v) is 6.63. The average molecular weight is 350 g/mol. The fraction of sp³-hybridized carbons (Fsp3) is 0.412. The van der Waals surface area contributed by atoms with Gasteiger partial charge in [0.15, 0.2) is 6.29 Å². The van der Waals surface area contributed by atoms with Gasteiger partial charge in [-0.3, -0.25) is 0 Å². The minimum Gasteiger partial charge on any atom is -0.510 e. The van der Waals surface area contributed by atoms with Crippen LogP contribution in [-0.2, 0) is 15.9 Å². The fourth-order valence-corrected chi connectivity index (χ4v) is 2.72. The molecule has 1 aromatic heterocycles. The second kappa shape index (κ2) is 6.93. The van der Waals surface area contributed by atoms with Crippen molar-refractivity contribution in [2.45, 2.75) is 26.6 Å². The highest BCUT2D eigenvalue weighted by molar-refractivity contribution is 6.30. The summed E-state index contributed by atoms with van der Waals surface area (Å²) in [6, 6.07) is 7.49. The van der Waals surface area contributed by atoms with Crippen molar-refractivity contribution in [3.63, 3.8) is 0 Å². The summed E-state index contributed by atoms with van der Waals surface area (Å²) in [6.07, 6.45) is 3.22. The van der Waals surface area contributed by atoms with Crippen molar-refractivity contribution in [1.29, 1.82) is 0 Å². The largest absolute Gasteiger partial charge is 0.510 e. The third-order valence-corrected chi connectivity index (χ3v) is 4.35. The number of halogens is 1. The van der Waals surface area contributed by atoms with Crippen LogP contribution < -0.4 is 0 Å². The zero-order valence-electron chi connectivity index (χ0n) is 13.6. The van der Waals surface area contributed by atoms with E-state index in [0.717, 1.165) is 5.56 Å². The molecule has 1 fully saturated rings. The monoisotopic (exact) mass is 349 g/mol. The van der Waals surface area contributed by atoms with E-state index in [0.29, 0.717) is 30.4 Å². The molecule has 7 heteroatoms. The lowest BCUT2D eigenvalue weighted by Crippen LogP contribution is -2.40. The minimum atomic E-state index is -0.639. The maximum atomic E-state index is 11.0. The molecule has 0 atom stereocenters. The van der Waals surface area contributed by atoms with Gasteiger partial charge in [0.25, 0.3) is 0 Å². The molecule has 2 aromatic rings. The first-order valence-corrected chi connectivity index (χ1v) is 8.11. The zero-order valence-corrected chi connectivity index (χ0v) is 14.4. The van der Waals surface area contributed by atoms with E-state index in [1.54, 1.807) is 11.0 Å². The first-order valence-electron chi connectivity index (χ1n) is 7.73. The Hall–Kier alpha value is -1.89. The number of aromatic nitrogens is 3. The fourth-order valence-electron chi connectivity index (χ4n) is 2.59. The number of ether oxygens (including phenoxy) is 2. The van der Waals surface area contributed by atoms with Gasteiger partial charge in [-0.05, 0) is 31.5 Å². The molecule has 0 radical (unpaired) electrons. The molecule has 1 aliphatic rings. The Morgan fingerprint density at radius 3 is 2.58 bits per heavy atom. The van der Waals surface area contributed by atoms with Crippen molar-refractivity contribution in [3.05, 3.63) is 53.3 Å². The van der Waals surface area contributed by atoms with E-state index in [2.05, 4.69) is 10.1 Å². The molecule has 0 bridgehead atoms. The second-order valence-electron chi connectivity index (χ2n) is 6.19. The van der Waals surface area contributed by atoms with Gasteiger partial charge < -0.3 is 14.6 Å². The van der Waals surface area contributed by atoms with Gasteiger partial charge in [0.2, 0.25) is 0 Å². The summed E-state index contributed by atoms with van der Waals surface area (Å²) in [4.78, 5) is 3.98. The number of benzene rings is 1. The predicted molar refractivity (Wildman–Crippen MR) is 90.5 cm³/mol. The van der Waals surface area contributed by atoms with E-state index in [1.165, 1.54) is 6.33 Å². The molecule has 6 nitrogen and oxygen atoms in total. The quantitative estimate of drug-likeness (QED) is 0.858. The standard InChI is InChI=1S/C17H20ClN3O3/c1-12-23-8-17(2,9-24-12)16(22)15(21-11-19-10-20-21)7-13-3-5-14(18)6-4-13/h3-6,10-12,22H,7-9H2,1-2H3. The smallest absolute Gasteiger partial charge is 0.154 e. The van der Waals surface area contributed by atoms with Gasteiger partial charge >= 0.3 is 0 Å². The lowest BCUT2D eigenvalue weighted by Gasteiger charge is -2.36. The van der Waals surface area contributed by atoms with E-state index < -0.39 is 5.41 Å². The van der Waals surface area contributed by atoms with Crippen LogP contribution in [0.25, 0.3) is 5.70 Å². The molecule has 24 heavy (non-hydrogen) atoms. The molecule has 2 heterocycles. The Morgan fingerprint density at radius 2 is 2.00 bits per heavy atom. The van der Waals surface area contributed by atoms with Gasteiger partial charge in [-0.2, -0.15) is 5.10 Å². The van der Waals surface area contributed by atoms with Crippen molar-refractivity contribution in [2.75, 3.05) is 13.2 Å². The number of nitrogens with zero attached hydrogens (tertiary/aromatic N) is 3. The molecule has 1 N–H and O–H groups in total. The molecule has 0 amide bonds. The Kier molecular flexibility index (Phi) is 4.89. The summed E-state index contributed by atoms with van der Waals surface area (Å²) < 4.78 is 12.7. The summed E-state index contributed by atoms with van der Waals surface area (Å²) in [5.41, 5.74) is 1.00. The van der Waals surface area contributed by atoms with Crippen molar-refractivity contribution in [2.24, 2.45) is 5.41 Å². The van der Waals surface area contributed by atoms with Crippen molar-refractivity contribution >= 4 is 17.3 Å². The van der Waals surface area contributed by atoms with Crippen LogP contribution in [0, 0.1) is 5.41 Å². The van der Waals surface area contributed by atoms with Crippen LogP contribution in [0.1, 0.15) is 19.4 Å². The molecule has 1 aromatic carbocycles. The average Bonchev–Trinajstić information content (AvgIpc) is 3.11. The minimum absolute atomic E-state index is 0.190. The van der Waals surface area contributed by atoms with E-state index in [-0.39, 0.29) is 12.0 Å². The van der Waals surface area contributed by atoms with E-state index in [4.69, 9.17) is 21.1 Å². The van der Waals surface area contributed by atoms with Crippen LogP contribution in [0.5, 0.6) is 0 Å². The van der Waals surface area contributed by atoms with Crippen LogP contribution in [-0.4, -0.2) is 39.4 Å². The molecule has 0 aliphatic carbocycles. The maximum absolute atomic E-state index is 11.0. The van der Waals surface area contributed by atoms with Gasteiger partial charge in [-0.25, -0.2) is 9.67 Å². The van der Waals surface area contributed by atoms with Crippen LogP contribution in [0.15, 0.2) is 42.7 Å². The van der Waals surface area contributed by atoms with Crippen LogP contribution in [0.2, 0.25) is 5.02 Å². The molecule has 128 valence electrons. The molecule has 1 saturated heterocycles. The number of aliphatic hydroxyl groups is 1. The van der Waals surface area contributed by atoms with Gasteiger partial charge in [0.1, 0.15) is 18.4 Å². The topological polar surface area (TPSA) is 69.4 Å². The highest BCUT2D eigenvalue weighted by Gasteiger charge is 2.37. The highest BCUT2D eigenvalue weighted by atomic mass is 35.5. The molecule has 3 rings (SSSR count). The Balaban J connectivity index is 1.96. The van der Waals surface area contributed by atoms with E-state index >= 15 is 0 Å². The van der Waals surface area contributed by atoms with Gasteiger partial charge in [0.05, 0.1) is 24.3 Å². The van der Waals surface area contributed by atoms with Crippen LogP contribution in [0.3, 0.4) is 0 Å². The molecule has 0 unspecified atom stereocenters. The van der Waals surface area contributed by atoms with Gasteiger partial charge in [-0.15, -0.1) is 0 Å². The Morgan fingerprint density at radius 1 is 1.33 bits per heavy atom. The third kappa shape index (κ3) is 3.61. The molecule has 0 spiro atoms. The first-order chi connectivity index (χ1) is 11.5. The van der Waals surface area contributed by atoms with Crippen molar-refractivity contribution < 1.29 is 14.6 Å². The number of hydrogen-bond acceptors (Lipinski definition) is 5. The molecular formula is C17H20ClN3O3. The SMILES string of the molecule is CC1OCC(C)(C(O)=C(Cc2ccc(Cl)cc2)n2cncn2)CO1. The first kappa shape index (κ1) is 17.0. The highest BCUT2D eigenvalue weighted by Crippen LogP contribution is 2.34. The van der Waals surface area contributed by atoms with E-state index in [1.807, 2.05) is 38.1 Å². The number of hydrogen-bond donors (Lipinski definition) is 1. The normalized spacial score (nSPS) is 25.4. The van der Waals surface area contributed by atoms with Crippen LogP contribution >= 0.6 is 11.6 Å². The number of allylic oxidation sites excluding steroid dienone is 1. The molecular weight excluding hydrogens is 330 g/mol. The summed E-state index contributed by atoms with van der Waals surface area (Å²) >= 11 is 5.95. The maximum Gasteiger partial charge on any atom is 0.154 e. The summed E-state index contributed by atoms with van der Waals surface area (Å²) in [7, 11) is 0.